The highest BCUT2D eigenvalue weighted by atomic mass is 32.2. The monoisotopic (exact) mass is 237 g/mol. The van der Waals surface area contributed by atoms with Gasteiger partial charge in [0.25, 0.3) is 0 Å². The van der Waals surface area contributed by atoms with Crippen LogP contribution >= 0.6 is 0 Å². The first-order valence-corrected chi connectivity index (χ1v) is 7.17. The van der Waals surface area contributed by atoms with E-state index in [2.05, 4.69) is 5.32 Å². The number of hydrogen-bond acceptors (Lipinski definition) is 4. The minimum Gasteiger partial charge on any atom is -0.383 e. The van der Waals surface area contributed by atoms with Crippen molar-refractivity contribution < 1.29 is 13.2 Å². The number of hydrogen-bond donors (Lipinski definition) is 1. The lowest BCUT2D eigenvalue weighted by atomic mass is 10.4. The molecule has 0 bridgehead atoms. The quantitative estimate of drug-likeness (QED) is 0.603. The molecule has 0 spiro atoms. The summed E-state index contributed by atoms with van der Waals surface area (Å²) in [5.41, 5.74) is 0. The molecule has 1 atom stereocenters. The minimum absolute atomic E-state index is 0.302. The van der Waals surface area contributed by atoms with Crippen molar-refractivity contribution in [3.05, 3.63) is 0 Å². The number of rotatable bonds is 9. The first-order chi connectivity index (χ1) is 7.04. The molecule has 0 aliphatic heterocycles. The molecule has 0 amide bonds. The smallest absolute Gasteiger partial charge is 0.154 e. The van der Waals surface area contributed by atoms with E-state index in [1.54, 1.807) is 14.0 Å². The Kier molecular flexibility index (Phi) is 8.00. The molecule has 1 N–H and O–H groups in total. The molecule has 0 aliphatic carbocycles. The summed E-state index contributed by atoms with van der Waals surface area (Å²) in [5.74, 6) is 0.302. The minimum atomic E-state index is -2.91. The Morgan fingerprint density at radius 2 is 2.07 bits per heavy atom. The summed E-state index contributed by atoms with van der Waals surface area (Å²) >= 11 is 0. The van der Waals surface area contributed by atoms with E-state index >= 15 is 0 Å². The van der Waals surface area contributed by atoms with Crippen molar-refractivity contribution in [2.24, 2.45) is 0 Å². The molecule has 15 heavy (non-hydrogen) atoms. The molecule has 0 aromatic rings. The van der Waals surface area contributed by atoms with E-state index in [1.165, 1.54) is 0 Å². The van der Waals surface area contributed by atoms with Gasteiger partial charge in [0.05, 0.1) is 17.6 Å². The summed E-state index contributed by atoms with van der Waals surface area (Å²) in [5, 5.41) is 2.76. The Morgan fingerprint density at radius 3 is 2.60 bits per heavy atom. The Balaban J connectivity index is 3.81. The van der Waals surface area contributed by atoms with Crippen LogP contribution in [-0.4, -0.2) is 46.2 Å². The SMILES string of the molecule is CCCCS(=O)(=O)C(C)CNCCOC. The van der Waals surface area contributed by atoms with Crippen LogP contribution < -0.4 is 5.32 Å². The molecule has 0 rings (SSSR count). The lowest BCUT2D eigenvalue weighted by Gasteiger charge is -2.13. The maximum absolute atomic E-state index is 11.7. The third-order valence-corrected chi connectivity index (χ3v) is 4.56. The highest BCUT2D eigenvalue weighted by Gasteiger charge is 2.19. The molecule has 0 radical (unpaired) electrons. The third-order valence-electron chi connectivity index (χ3n) is 2.31. The molecule has 0 fully saturated rings. The number of unbranched alkanes of at least 4 members (excludes halogenated alkanes) is 1. The van der Waals surface area contributed by atoms with Gasteiger partial charge in [-0.1, -0.05) is 13.3 Å². The van der Waals surface area contributed by atoms with Crippen molar-refractivity contribution in [1.29, 1.82) is 0 Å². The lowest BCUT2D eigenvalue weighted by Crippen LogP contribution is -2.34. The van der Waals surface area contributed by atoms with Gasteiger partial charge in [-0.25, -0.2) is 8.42 Å². The zero-order valence-electron chi connectivity index (χ0n) is 9.95. The van der Waals surface area contributed by atoms with Gasteiger partial charge in [0.1, 0.15) is 0 Å². The van der Waals surface area contributed by atoms with Crippen molar-refractivity contribution in [3.63, 3.8) is 0 Å². The molecule has 4 nitrogen and oxygen atoms in total. The second kappa shape index (κ2) is 8.07. The van der Waals surface area contributed by atoms with Crippen LogP contribution in [0, 0.1) is 0 Å². The van der Waals surface area contributed by atoms with Gasteiger partial charge >= 0.3 is 0 Å². The second-order valence-electron chi connectivity index (χ2n) is 3.73. The molecule has 5 heteroatoms. The van der Waals surface area contributed by atoms with Gasteiger partial charge in [-0.05, 0) is 13.3 Å². The fourth-order valence-electron chi connectivity index (χ4n) is 1.15. The Labute approximate surface area is 93.3 Å². The molecule has 1 unspecified atom stereocenters. The summed E-state index contributed by atoms with van der Waals surface area (Å²) < 4.78 is 28.2. The van der Waals surface area contributed by atoms with Crippen LogP contribution in [-0.2, 0) is 14.6 Å². The molecule has 0 heterocycles. The van der Waals surface area contributed by atoms with E-state index in [0.717, 1.165) is 12.8 Å². The van der Waals surface area contributed by atoms with Gasteiger partial charge in [-0.2, -0.15) is 0 Å². The maximum Gasteiger partial charge on any atom is 0.154 e. The Morgan fingerprint density at radius 1 is 1.40 bits per heavy atom. The Hall–Kier alpha value is -0.130. The number of ether oxygens (including phenoxy) is 1. The van der Waals surface area contributed by atoms with Crippen molar-refractivity contribution in [2.75, 3.05) is 32.6 Å². The van der Waals surface area contributed by atoms with Gasteiger partial charge in [-0.15, -0.1) is 0 Å². The number of sulfone groups is 1. The van der Waals surface area contributed by atoms with Crippen LogP contribution in [0.15, 0.2) is 0 Å². The standard InChI is InChI=1S/C10H23NO3S/c1-4-5-8-15(12,13)10(2)9-11-6-7-14-3/h10-11H,4-9H2,1-3H3. The summed E-state index contributed by atoms with van der Waals surface area (Å²) in [6.07, 6.45) is 1.67. The van der Waals surface area contributed by atoms with E-state index in [1.807, 2.05) is 6.92 Å². The highest BCUT2D eigenvalue weighted by molar-refractivity contribution is 7.92. The molecule has 0 saturated heterocycles. The molecular weight excluding hydrogens is 214 g/mol. The van der Waals surface area contributed by atoms with E-state index in [0.29, 0.717) is 25.4 Å². The zero-order chi connectivity index (χ0) is 11.7. The van der Waals surface area contributed by atoms with Crippen LogP contribution in [0.2, 0.25) is 0 Å². The number of methoxy groups -OCH3 is 1. The summed E-state index contributed by atoms with van der Waals surface area (Å²) in [7, 11) is -1.28. The van der Waals surface area contributed by atoms with Crippen LogP contribution in [0.5, 0.6) is 0 Å². The predicted molar refractivity (Wildman–Crippen MR) is 62.9 cm³/mol. The molecule has 92 valence electrons. The van der Waals surface area contributed by atoms with E-state index < -0.39 is 9.84 Å². The molecule has 0 aromatic carbocycles. The summed E-state index contributed by atoms with van der Waals surface area (Å²) in [6, 6.07) is 0. The van der Waals surface area contributed by atoms with Gasteiger partial charge in [0, 0.05) is 20.2 Å². The van der Waals surface area contributed by atoms with Gasteiger partial charge in [-0.3, -0.25) is 0 Å². The van der Waals surface area contributed by atoms with E-state index in [9.17, 15) is 8.42 Å². The Bertz CT molecular complexity index is 239. The second-order valence-corrected chi connectivity index (χ2v) is 6.27. The van der Waals surface area contributed by atoms with Gasteiger partial charge in [0.2, 0.25) is 0 Å². The zero-order valence-corrected chi connectivity index (χ0v) is 10.8. The lowest BCUT2D eigenvalue weighted by molar-refractivity contribution is 0.199. The first kappa shape index (κ1) is 14.9. The molecule has 0 aliphatic rings. The van der Waals surface area contributed by atoms with Crippen LogP contribution in [0.4, 0.5) is 0 Å². The average molecular weight is 237 g/mol. The average Bonchev–Trinajstić information content (AvgIpc) is 2.21. The van der Waals surface area contributed by atoms with Crippen molar-refractivity contribution in [2.45, 2.75) is 31.9 Å². The van der Waals surface area contributed by atoms with Crippen LogP contribution in [0.1, 0.15) is 26.7 Å². The normalized spacial score (nSPS) is 14.1. The van der Waals surface area contributed by atoms with Crippen molar-refractivity contribution in [1.82, 2.24) is 5.32 Å². The molecule has 0 saturated carbocycles. The third kappa shape index (κ3) is 6.87. The number of nitrogens with one attached hydrogen (secondary N) is 1. The summed E-state index contributed by atoms with van der Waals surface area (Å²) in [4.78, 5) is 0. The first-order valence-electron chi connectivity index (χ1n) is 5.45. The van der Waals surface area contributed by atoms with Gasteiger partial charge in [0.15, 0.2) is 9.84 Å². The highest BCUT2D eigenvalue weighted by Crippen LogP contribution is 2.04. The fraction of sp³-hybridized carbons (Fsp3) is 1.00. The van der Waals surface area contributed by atoms with Crippen LogP contribution in [0.3, 0.4) is 0 Å². The van der Waals surface area contributed by atoms with Gasteiger partial charge < -0.3 is 10.1 Å². The topological polar surface area (TPSA) is 55.4 Å². The van der Waals surface area contributed by atoms with E-state index in [4.69, 9.17) is 4.74 Å². The van der Waals surface area contributed by atoms with E-state index in [-0.39, 0.29) is 5.25 Å². The largest absolute Gasteiger partial charge is 0.383 e. The molecular formula is C10H23NO3S. The van der Waals surface area contributed by atoms with Crippen molar-refractivity contribution in [3.8, 4) is 0 Å². The summed E-state index contributed by atoms with van der Waals surface area (Å²) in [6.45, 7) is 5.57. The van der Waals surface area contributed by atoms with Crippen LogP contribution in [0.25, 0.3) is 0 Å². The van der Waals surface area contributed by atoms with Crippen molar-refractivity contribution >= 4 is 9.84 Å². The fourth-order valence-corrected chi connectivity index (χ4v) is 2.62. The maximum atomic E-state index is 11.7. The molecule has 0 aromatic heterocycles. The predicted octanol–water partition coefficient (Wildman–Crippen LogP) is 0.826.